The monoisotopic (exact) mass is 384 g/mol. The second-order valence-corrected chi connectivity index (χ2v) is 6.35. The summed E-state index contributed by atoms with van der Waals surface area (Å²) in [6, 6.07) is 14.7. The SMILES string of the molecule is CCCOc1ccc(NC(=O)CNC(=O)Cc2ccccc2)cc1OCCC. The van der Waals surface area contributed by atoms with Gasteiger partial charge >= 0.3 is 0 Å². The third-order valence-electron chi connectivity index (χ3n) is 3.80. The van der Waals surface area contributed by atoms with E-state index in [9.17, 15) is 9.59 Å². The molecule has 0 unspecified atom stereocenters. The van der Waals surface area contributed by atoms with Crippen molar-refractivity contribution in [3.63, 3.8) is 0 Å². The van der Waals surface area contributed by atoms with Crippen molar-refractivity contribution in [1.29, 1.82) is 0 Å². The molecule has 0 fully saturated rings. The van der Waals surface area contributed by atoms with Crippen molar-refractivity contribution in [2.45, 2.75) is 33.1 Å². The average Bonchev–Trinajstić information content (AvgIpc) is 2.70. The summed E-state index contributed by atoms with van der Waals surface area (Å²) in [6.45, 7) is 5.13. The summed E-state index contributed by atoms with van der Waals surface area (Å²) in [5, 5.41) is 5.40. The summed E-state index contributed by atoms with van der Waals surface area (Å²) >= 11 is 0. The van der Waals surface area contributed by atoms with Crippen molar-refractivity contribution in [3.05, 3.63) is 54.1 Å². The Morgan fingerprint density at radius 1 is 0.857 bits per heavy atom. The van der Waals surface area contributed by atoms with Crippen molar-refractivity contribution >= 4 is 17.5 Å². The van der Waals surface area contributed by atoms with Gasteiger partial charge in [-0.1, -0.05) is 44.2 Å². The molecule has 0 bridgehead atoms. The average molecular weight is 384 g/mol. The molecule has 0 aliphatic heterocycles. The van der Waals surface area contributed by atoms with Gasteiger partial charge in [-0.05, 0) is 30.5 Å². The van der Waals surface area contributed by atoms with Gasteiger partial charge in [-0.15, -0.1) is 0 Å². The molecule has 0 aliphatic rings. The highest BCUT2D eigenvalue weighted by atomic mass is 16.5. The number of nitrogens with one attached hydrogen (secondary N) is 2. The van der Waals surface area contributed by atoms with Crippen LogP contribution in [0.2, 0.25) is 0 Å². The summed E-state index contributed by atoms with van der Waals surface area (Å²) < 4.78 is 11.4. The van der Waals surface area contributed by atoms with E-state index in [1.165, 1.54) is 0 Å². The van der Waals surface area contributed by atoms with Gasteiger partial charge in [0.2, 0.25) is 11.8 Å². The molecule has 6 heteroatoms. The largest absolute Gasteiger partial charge is 0.490 e. The number of anilines is 1. The number of amides is 2. The molecule has 0 saturated carbocycles. The van der Waals surface area contributed by atoms with Gasteiger partial charge in [-0.3, -0.25) is 9.59 Å². The third-order valence-corrected chi connectivity index (χ3v) is 3.80. The molecular weight excluding hydrogens is 356 g/mol. The lowest BCUT2D eigenvalue weighted by Gasteiger charge is -2.14. The van der Waals surface area contributed by atoms with Crippen LogP contribution in [0.25, 0.3) is 0 Å². The molecule has 0 aliphatic carbocycles. The van der Waals surface area contributed by atoms with Gasteiger partial charge in [0, 0.05) is 11.8 Å². The van der Waals surface area contributed by atoms with E-state index >= 15 is 0 Å². The molecular formula is C22H28N2O4. The predicted molar refractivity (Wildman–Crippen MR) is 110 cm³/mol. The molecule has 2 amide bonds. The lowest BCUT2D eigenvalue weighted by molar-refractivity contribution is -0.123. The Morgan fingerprint density at radius 2 is 1.54 bits per heavy atom. The van der Waals surface area contributed by atoms with Crippen LogP contribution in [0, 0.1) is 0 Å². The minimum atomic E-state index is -0.301. The summed E-state index contributed by atoms with van der Waals surface area (Å²) in [5.41, 5.74) is 1.50. The number of ether oxygens (including phenoxy) is 2. The van der Waals surface area contributed by atoms with Crippen LogP contribution in [0.15, 0.2) is 48.5 Å². The number of rotatable bonds is 11. The van der Waals surface area contributed by atoms with Gasteiger partial charge in [-0.2, -0.15) is 0 Å². The highest BCUT2D eigenvalue weighted by Gasteiger charge is 2.10. The Kier molecular flexibility index (Phi) is 8.85. The van der Waals surface area contributed by atoms with Crippen molar-refractivity contribution in [3.8, 4) is 11.5 Å². The summed E-state index contributed by atoms with van der Waals surface area (Å²) in [6.07, 6.45) is 2.01. The highest BCUT2D eigenvalue weighted by molar-refractivity contribution is 5.95. The smallest absolute Gasteiger partial charge is 0.243 e. The van der Waals surface area contributed by atoms with Crippen molar-refractivity contribution in [2.24, 2.45) is 0 Å². The first-order chi connectivity index (χ1) is 13.6. The first-order valence-corrected chi connectivity index (χ1v) is 9.62. The Morgan fingerprint density at radius 3 is 2.21 bits per heavy atom. The van der Waals surface area contributed by atoms with Crippen molar-refractivity contribution in [2.75, 3.05) is 25.1 Å². The van der Waals surface area contributed by atoms with E-state index in [1.807, 2.05) is 44.2 Å². The van der Waals surface area contributed by atoms with Crippen molar-refractivity contribution < 1.29 is 19.1 Å². The third kappa shape index (κ3) is 7.31. The zero-order chi connectivity index (χ0) is 20.2. The van der Waals surface area contributed by atoms with Gasteiger partial charge in [0.1, 0.15) is 0 Å². The van der Waals surface area contributed by atoms with Gasteiger partial charge < -0.3 is 20.1 Å². The van der Waals surface area contributed by atoms with Crippen LogP contribution in [0.4, 0.5) is 5.69 Å². The highest BCUT2D eigenvalue weighted by Crippen LogP contribution is 2.30. The van der Waals surface area contributed by atoms with E-state index in [0.717, 1.165) is 18.4 Å². The van der Waals surface area contributed by atoms with E-state index < -0.39 is 0 Å². The molecule has 6 nitrogen and oxygen atoms in total. The number of carbonyl (C=O) groups excluding carboxylic acids is 2. The van der Waals surface area contributed by atoms with Gasteiger partial charge in [0.05, 0.1) is 26.2 Å². The first kappa shape index (κ1) is 21.3. The number of hydrogen-bond acceptors (Lipinski definition) is 4. The quantitative estimate of drug-likeness (QED) is 0.621. The van der Waals surface area contributed by atoms with E-state index in [4.69, 9.17) is 9.47 Å². The fraction of sp³-hybridized carbons (Fsp3) is 0.364. The maximum absolute atomic E-state index is 12.2. The minimum Gasteiger partial charge on any atom is -0.490 e. The number of benzene rings is 2. The number of carbonyl (C=O) groups is 2. The molecule has 150 valence electrons. The molecule has 0 heterocycles. The van der Waals surface area contributed by atoms with Crippen LogP contribution in [-0.4, -0.2) is 31.6 Å². The van der Waals surface area contributed by atoms with Crippen LogP contribution in [-0.2, 0) is 16.0 Å². The molecule has 0 saturated heterocycles. The standard InChI is InChI=1S/C22H28N2O4/c1-3-12-27-19-11-10-18(15-20(19)28-13-4-2)24-22(26)16-23-21(25)14-17-8-6-5-7-9-17/h5-11,15H,3-4,12-14,16H2,1-2H3,(H,23,25)(H,24,26). The minimum absolute atomic E-state index is 0.0924. The summed E-state index contributed by atoms with van der Waals surface area (Å²) in [7, 11) is 0. The molecule has 2 rings (SSSR count). The molecule has 2 aromatic carbocycles. The van der Waals surface area contributed by atoms with E-state index in [1.54, 1.807) is 18.2 Å². The molecule has 0 radical (unpaired) electrons. The van der Waals surface area contributed by atoms with E-state index in [-0.39, 0.29) is 24.8 Å². The molecule has 0 spiro atoms. The lowest BCUT2D eigenvalue weighted by atomic mass is 10.1. The van der Waals surface area contributed by atoms with E-state index in [0.29, 0.717) is 30.4 Å². The topological polar surface area (TPSA) is 76.7 Å². The molecule has 0 aromatic heterocycles. The van der Waals surface area contributed by atoms with Crippen molar-refractivity contribution in [1.82, 2.24) is 5.32 Å². The van der Waals surface area contributed by atoms with Gasteiger partial charge in [-0.25, -0.2) is 0 Å². The second-order valence-electron chi connectivity index (χ2n) is 6.35. The molecule has 2 N–H and O–H groups in total. The maximum Gasteiger partial charge on any atom is 0.243 e. The van der Waals surface area contributed by atoms with Gasteiger partial charge in [0.25, 0.3) is 0 Å². The first-order valence-electron chi connectivity index (χ1n) is 9.62. The van der Waals surface area contributed by atoms with Crippen LogP contribution in [0.1, 0.15) is 32.3 Å². The molecule has 28 heavy (non-hydrogen) atoms. The van der Waals surface area contributed by atoms with Crippen LogP contribution in [0.5, 0.6) is 11.5 Å². The maximum atomic E-state index is 12.2. The lowest BCUT2D eigenvalue weighted by Crippen LogP contribution is -2.33. The van der Waals surface area contributed by atoms with Crippen LogP contribution in [0.3, 0.4) is 0 Å². The number of hydrogen-bond donors (Lipinski definition) is 2. The second kappa shape index (κ2) is 11.6. The normalized spacial score (nSPS) is 10.2. The summed E-state index contributed by atoms with van der Waals surface area (Å²) in [5.74, 6) is 0.757. The zero-order valence-electron chi connectivity index (χ0n) is 16.5. The van der Waals surface area contributed by atoms with Gasteiger partial charge in [0.15, 0.2) is 11.5 Å². The Labute approximate surface area is 166 Å². The Bertz CT molecular complexity index is 762. The Balaban J connectivity index is 1.88. The fourth-order valence-corrected chi connectivity index (χ4v) is 2.47. The van der Waals surface area contributed by atoms with Crippen LogP contribution < -0.4 is 20.1 Å². The fourth-order valence-electron chi connectivity index (χ4n) is 2.47. The predicted octanol–water partition coefficient (Wildman–Crippen LogP) is 3.56. The Hall–Kier alpha value is -3.02. The summed E-state index contributed by atoms with van der Waals surface area (Å²) in [4.78, 5) is 24.1. The molecule has 2 aromatic rings. The van der Waals surface area contributed by atoms with Crippen LogP contribution >= 0.6 is 0 Å². The molecule has 0 atom stereocenters. The zero-order valence-corrected chi connectivity index (χ0v) is 16.5. The van der Waals surface area contributed by atoms with E-state index in [2.05, 4.69) is 10.6 Å².